The minimum Gasteiger partial charge on any atom is -0.207 e. The van der Waals surface area contributed by atoms with E-state index in [1.807, 2.05) is 37.3 Å². The Morgan fingerprint density at radius 2 is 1.74 bits per heavy atom. The van der Waals surface area contributed by atoms with E-state index in [2.05, 4.69) is 12.1 Å². The van der Waals surface area contributed by atoms with Crippen molar-refractivity contribution in [3.63, 3.8) is 0 Å². The highest BCUT2D eigenvalue weighted by Crippen LogP contribution is 2.31. The Hall–Kier alpha value is -1.30. The molecular formula is C18H21NO2S2. The zero-order valence-electron chi connectivity index (χ0n) is 13.2. The Kier molecular flexibility index (Phi) is 5.09. The summed E-state index contributed by atoms with van der Waals surface area (Å²) in [6, 6.07) is 17.3. The summed E-state index contributed by atoms with van der Waals surface area (Å²) < 4.78 is 27.3. The topological polar surface area (TPSA) is 37.4 Å². The number of nitrogens with zero attached hydrogens (tertiary/aromatic N) is 1. The molecular weight excluding hydrogens is 326 g/mol. The summed E-state index contributed by atoms with van der Waals surface area (Å²) in [6.07, 6.45) is 1.97. The van der Waals surface area contributed by atoms with Gasteiger partial charge in [0.15, 0.2) is 0 Å². The maximum atomic E-state index is 12.8. The van der Waals surface area contributed by atoms with Gasteiger partial charge in [0, 0.05) is 23.2 Å². The highest BCUT2D eigenvalue weighted by Gasteiger charge is 2.30. The summed E-state index contributed by atoms with van der Waals surface area (Å²) in [7, 11) is -3.38. The van der Waals surface area contributed by atoms with Crippen molar-refractivity contribution in [1.82, 2.24) is 4.31 Å². The normalized spacial score (nSPS) is 19.6. The molecule has 0 amide bonds. The van der Waals surface area contributed by atoms with Crippen LogP contribution in [0.2, 0.25) is 0 Å². The SMILES string of the molecule is Cc1ccc(S(=O)(=O)N2CCCC(Sc3ccccc3)C2)cc1. The number of piperidine rings is 1. The molecule has 23 heavy (non-hydrogen) atoms. The number of benzene rings is 2. The highest BCUT2D eigenvalue weighted by molar-refractivity contribution is 8.00. The first kappa shape index (κ1) is 16.6. The summed E-state index contributed by atoms with van der Waals surface area (Å²) in [5.74, 6) is 0. The molecule has 0 spiro atoms. The van der Waals surface area contributed by atoms with Crippen LogP contribution in [-0.2, 0) is 10.0 Å². The summed E-state index contributed by atoms with van der Waals surface area (Å²) in [4.78, 5) is 1.60. The van der Waals surface area contributed by atoms with Crippen molar-refractivity contribution >= 4 is 21.8 Å². The molecule has 5 heteroatoms. The molecule has 0 bridgehead atoms. The van der Waals surface area contributed by atoms with Gasteiger partial charge >= 0.3 is 0 Å². The molecule has 0 aromatic heterocycles. The minimum atomic E-state index is -3.38. The number of thioether (sulfide) groups is 1. The van der Waals surface area contributed by atoms with Gasteiger partial charge in [-0.25, -0.2) is 8.42 Å². The monoisotopic (exact) mass is 347 g/mol. The Morgan fingerprint density at radius 1 is 1.04 bits per heavy atom. The zero-order valence-corrected chi connectivity index (χ0v) is 14.8. The van der Waals surface area contributed by atoms with Gasteiger partial charge in [-0.1, -0.05) is 35.9 Å². The molecule has 1 fully saturated rings. The first-order valence-corrected chi connectivity index (χ1v) is 10.2. The first-order chi connectivity index (χ1) is 11.1. The van der Waals surface area contributed by atoms with Crippen molar-refractivity contribution in [2.75, 3.05) is 13.1 Å². The molecule has 2 aromatic carbocycles. The second kappa shape index (κ2) is 7.07. The molecule has 0 saturated carbocycles. The molecule has 1 atom stereocenters. The van der Waals surface area contributed by atoms with Gasteiger partial charge in [0.1, 0.15) is 0 Å². The van der Waals surface area contributed by atoms with Crippen LogP contribution in [0.5, 0.6) is 0 Å². The molecule has 1 heterocycles. The standard InChI is InChI=1S/C18H21NO2S2/c1-15-9-11-18(12-10-15)23(20,21)19-13-5-8-17(14-19)22-16-6-3-2-4-7-16/h2-4,6-7,9-12,17H,5,8,13-14H2,1H3. The molecule has 1 aliphatic rings. The van der Waals surface area contributed by atoms with Gasteiger partial charge in [-0.05, 0) is 44.0 Å². The van der Waals surface area contributed by atoms with Crippen LogP contribution in [-0.4, -0.2) is 31.1 Å². The molecule has 3 rings (SSSR count). The molecule has 0 N–H and O–H groups in total. The maximum Gasteiger partial charge on any atom is 0.243 e. The van der Waals surface area contributed by atoms with E-state index in [4.69, 9.17) is 0 Å². The summed E-state index contributed by atoms with van der Waals surface area (Å²) in [5.41, 5.74) is 1.07. The average molecular weight is 348 g/mol. The van der Waals surface area contributed by atoms with Crippen molar-refractivity contribution in [3.05, 3.63) is 60.2 Å². The Bertz CT molecular complexity index is 742. The average Bonchev–Trinajstić information content (AvgIpc) is 2.56. The third kappa shape index (κ3) is 3.97. The molecule has 0 radical (unpaired) electrons. The van der Waals surface area contributed by atoms with Gasteiger partial charge < -0.3 is 0 Å². The Morgan fingerprint density at radius 3 is 2.43 bits per heavy atom. The third-order valence-electron chi connectivity index (χ3n) is 4.05. The molecule has 122 valence electrons. The lowest BCUT2D eigenvalue weighted by Gasteiger charge is -2.31. The third-order valence-corrected chi connectivity index (χ3v) is 7.19. The predicted molar refractivity (Wildman–Crippen MR) is 95.3 cm³/mol. The van der Waals surface area contributed by atoms with E-state index >= 15 is 0 Å². The van der Waals surface area contributed by atoms with Crippen molar-refractivity contribution in [1.29, 1.82) is 0 Å². The van der Waals surface area contributed by atoms with Crippen LogP contribution in [0.15, 0.2) is 64.4 Å². The molecule has 3 nitrogen and oxygen atoms in total. The van der Waals surface area contributed by atoms with E-state index in [1.165, 1.54) is 4.90 Å². The quantitative estimate of drug-likeness (QED) is 0.841. The zero-order chi connectivity index (χ0) is 16.3. The first-order valence-electron chi connectivity index (χ1n) is 7.84. The largest absolute Gasteiger partial charge is 0.243 e. The maximum absolute atomic E-state index is 12.8. The van der Waals surface area contributed by atoms with Crippen LogP contribution in [0.1, 0.15) is 18.4 Å². The van der Waals surface area contributed by atoms with E-state index in [0.717, 1.165) is 18.4 Å². The molecule has 1 saturated heterocycles. The van der Waals surface area contributed by atoms with Crippen LogP contribution in [0.4, 0.5) is 0 Å². The van der Waals surface area contributed by atoms with E-state index in [9.17, 15) is 8.42 Å². The summed E-state index contributed by atoms with van der Waals surface area (Å²) >= 11 is 1.78. The van der Waals surface area contributed by atoms with Crippen LogP contribution >= 0.6 is 11.8 Å². The van der Waals surface area contributed by atoms with Gasteiger partial charge in [-0.15, -0.1) is 11.8 Å². The lowest BCUT2D eigenvalue weighted by molar-refractivity contribution is 0.353. The fourth-order valence-corrected chi connectivity index (χ4v) is 5.63. The smallest absolute Gasteiger partial charge is 0.207 e. The predicted octanol–water partition coefficient (Wildman–Crippen LogP) is 3.94. The molecule has 1 aliphatic heterocycles. The summed E-state index contributed by atoms with van der Waals surface area (Å²) in [6.45, 7) is 3.15. The number of rotatable bonds is 4. The van der Waals surface area contributed by atoms with Gasteiger partial charge in [0.05, 0.1) is 4.90 Å². The van der Waals surface area contributed by atoms with Crippen LogP contribution in [0, 0.1) is 6.92 Å². The minimum absolute atomic E-state index is 0.311. The fraction of sp³-hybridized carbons (Fsp3) is 0.333. The highest BCUT2D eigenvalue weighted by atomic mass is 32.2. The Labute approximate surface area is 142 Å². The van der Waals surface area contributed by atoms with Crippen LogP contribution < -0.4 is 0 Å². The van der Waals surface area contributed by atoms with Gasteiger partial charge in [0.2, 0.25) is 10.0 Å². The number of aryl methyl sites for hydroxylation is 1. The van der Waals surface area contributed by atoms with E-state index in [0.29, 0.717) is 23.2 Å². The fourth-order valence-electron chi connectivity index (χ4n) is 2.77. The van der Waals surface area contributed by atoms with Crippen LogP contribution in [0.25, 0.3) is 0 Å². The molecule has 2 aromatic rings. The van der Waals surface area contributed by atoms with E-state index < -0.39 is 10.0 Å². The molecule has 1 unspecified atom stereocenters. The number of hydrogen-bond acceptors (Lipinski definition) is 3. The Balaban J connectivity index is 1.74. The van der Waals surface area contributed by atoms with Crippen LogP contribution in [0.3, 0.4) is 0 Å². The second-order valence-corrected chi connectivity index (χ2v) is 9.18. The second-order valence-electron chi connectivity index (χ2n) is 5.87. The van der Waals surface area contributed by atoms with Gasteiger partial charge in [-0.3, -0.25) is 0 Å². The summed E-state index contributed by atoms with van der Waals surface area (Å²) in [5, 5.41) is 0.311. The molecule has 0 aliphatic carbocycles. The van der Waals surface area contributed by atoms with E-state index in [-0.39, 0.29) is 0 Å². The van der Waals surface area contributed by atoms with E-state index in [1.54, 1.807) is 28.2 Å². The van der Waals surface area contributed by atoms with Crippen molar-refractivity contribution in [2.24, 2.45) is 0 Å². The van der Waals surface area contributed by atoms with Crippen molar-refractivity contribution in [2.45, 2.75) is 34.8 Å². The number of sulfonamides is 1. The lowest BCUT2D eigenvalue weighted by atomic mass is 10.2. The van der Waals surface area contributed by atoms with Crippen molar-refractivity contribution in [3.8, 4) is 0 Å². The van der Waals surface area contributed by atoms with Gasteiger partial charge in [-0.2, -0.15) is 4.31 Å². The van der Waals surface area contributed by atoms with Gasteiger partial charge in [0.25, 0.3) is 0 Å². The lowest BCUT2D eigenvalue weighted by Crippen LogP contribution is -2.41. The van der Waals surface area contributed by atoms with Crippen molar-refractivity contribution < 1.29 is 8.42 Å². The number of hydrogen-bond donors (Lipinski definition) is 0.